The Morgan fingerprint density at radius 2 is 1.88 bits per heavy atom. The number of likely N-dealkylation sites (N-methyl/N-ethyl adjacent to an activating group) is 1. The molecule has 0 aromatic rings. The number of nitrogens with one attached hydrogen (secondary N) is 1. The van der Waals surface area contributed by atoms with Crippen LogP contribution >= 0.6 is 0 Å². The van der Waals surface area contributed by atoms with Gasteiger partial charge in [0.1, 0.15) is 0 Å². The Morgan fingerprint density at radius 1 is 1.29 bits per heavy atom. The van der Waals surface area contributed by atoms with Crippen LogP contribution in [0.15, 0.2) is 0 Å². The quantitative estimate of drug-likeness (QED) is 0.775. The summed E-state index contributed by atoms with van der Waals surface area (Å²) in [6, 6.07) is 0.802. The van der Waals surface area contributed by atoms with Gasteiger partial charge in [-0.15, -0.1) is 0 Å². The Morgan fingerprint density at radius 3 is 2.41 bits per heavy atom. The van der Waals surface area contributed by atoms with Crippen molar-refractivity contribution in [2.45, 2.75) is 70.6 Å². The van der Waals surface area contributed by atoms with Crippen LogP contribution in [-0.4, -0.2) is 42.0 Å². The molecule has 0 saturated heterocycles. The van der Waals surface area contributed by atoms with Crippen molar-refractivity contribution in [3.8, 4) is 0 Å². The van der Waals surface area contributed by atoms with Gasteiger partial charge in [-0.3, -0.25) is 9.69 Å². The van der Waals surface area contributed by atoms with E-state index in [0.717, 1.165) is 6.42 Å². The number of hydrogen-bond acceptors (Lipinski definition) is 3. The molecule has 100 valence electrons. The zero-order valence-electron chi connectivity index (χ0n) is 11.6. The van der Waals surface area contributed by atoms with E-state index in [9.17, 15) is 4.79 Å². The minimum atomic E-state index is -0.415. The van der Waals surface area contributed by atoms with Crippen LogP contribution in [0.3, 0.4) is 0 Å². The number of nitrogens with two attached hydrogens (primary N) is 1. The molecule has 0 aliphatic heterocycles. The van der Waals surface area contributed by atoms with Crippen molar-refractivity contribution in [2.75, 3.05) is 7.05 Å². The molecule has 3 atom stereocenters. The summed E-state index contributed by atoms with van der Waals surface area (Å²) in [6.45, 7) is 6.12. The lowest BCUT2D eigenvalue weighted by Crippen LogP contribution is -2.56. The second kappa shape index (κ2) is 6.36. The van der Waals surface area contributed by atoms with Gasteiger partial charge in [-0.1, -0.05) is 12.8 Å². The van der Waals surface area contributed by atoms with Crippen LogP contribution in [0.1, 0.15) is 46.5 Å². The van der Waals surface area contributed by atoms with Crippen molar-refractivity contribution in [1.82, 2.24) is 10.2 Å². The fourth-order valence-corrected chi connectivity index (χ4v) is 2.46. The topological polar surface area (TPSA) is 58.4 Å². The lowest BCUT2D eigenvalue weighted by atomic mass is 9.88. The van der Waals surface area contributed by atoms with E-state index >= 15 is 0 Å². The smallest absolute Gasteiger partial charge is 0.236 e. The molecule has 1 rings (SSSR count). The zero-order valence-corrected chi connectivity index (χ0v) is 11.6. The van der Waals surface area contributed by atoms with Gasteiger partial charge in [0.15, 0.2) is 0 Å². The average molecular weight is 241 g/mol. The van der Waals surface area contributed by atoms with Gasteiger partial charge in [0.05, 0.1) is 6.04 Å². The molecule has 0 heterocycles. The first kappa shape index (κ1) is 14.5. The van der Waals surface area contributed by atoms with Crippen LogP contribution < -0.4 is 11.1 Å². The van der Waals surface area contributed by atoms with Crippen LogP contribution in [-0.2, 0) is 4.79 Å². The predicted molar refractivity (Wildman–Crippen MR) is 70.7 cm³/mol. The molecular weight excluding hydrogens is 214 g/mol. The lowest BCUT2D eigenvalue weighted by Gasteiger charge is -2.40. The van der Waals surface area contributed by atoms with Gasteiger partial charge in [0.2, 0.25) is 5.91 Å². The molecular formula is C13H27N3O. The average Bonchev–Trinajstić information content (AvgIpc) is 2.28. The second-order valence-corrected chi connectivity index (χ2v) is 5.51. The second-order valence-electron chi connectivity index (χ2n) is 5.51. The van der Waals surface area contributed by atoms with Crippen LogP contribution in [0.4, 0.5) is 0 Å². The van der Waals surface area contributed by atoms with Crippen LogP contribution in [0.25, 0.3) is 0 Å². The van der Waals surface area contributed by atoms with E-state index in [2.05, 4.69) is 31.1 Å². The number of hydrogen-bond donors (Lipinski definition) is 2. The van der Waals surface area contributed by atoms with Gasteiger partial charge in [-0.05, 0) is 40.7 Å². The zero-order chi connectivity index (χ0) is 13.0. The van der Waals surface area contributed by atoms with Crippen molar-refractivity contribution in [3.05, 3.63) is 0 Å². The molecule has 1 aliphatic rings. The molecule has 3 unspecified atom stereocenters. The fourth-order valence-electron chi connectivity index (χ4n) is 2.46. The Bertz CT molecular complexity index is 253. The van der Waals surface area contributed by atoms with Gasteiger partial charge < -0.3 is 11.1 Å². The van der Waals surface area contributed by atoms with Gasteiger partial charge in [-0.25, -0.2) is 0 Å². The summed E-state index contributed by atoms with van der Waals surface area (Å²) in [4.78, 5) is 14.1. The standard InChI is InChI=1S/C13H27N3O/c1-9(2)16(4)12-8-6-5-7-11(12)15-13(17)10(3)14/h9-12H,5-8,14H2,1-4H3,(H,15,17). The summed E-state index contributed by atoms with van der Waals surface area (Å²) < 4.78 is 0. The molecule has 1 fully saturated rings. The maximum Gasteiger partial charge on any atom is 0.236 e. The summed E-state index contributed by atoms with van der Waals surface area (Å²) in [5.41, 5.74) is 5.61. The Balaban J connectivity index is 2.62. The summed E-state index contributed by atoms with van der Waals surface area (Å²) >= 11 is 0. The number of nitrogens with zero attached hydrogens (tertiary/aromatic N) is 1. The van der Waals surface area contributed by atoms with Crippen LogP contribution in [0.2, 0.25) is 0 Å². The molecule has 3 N–H and O–H groups in total. The molecule has 1 amide bonds. The molecule has 4 heteroatoms. The number of rotatable bonds is 4. The minimum absolute atomic E-state index is 0.0287. The van der Waals surface area contributed by atoms with E-state index in [-0.39, 0.29) is 11.9 Å². The van der Waals surface area contributed by atoms with Crippen molar-refractivity contribution in [2.24, 2.45) is 5.73 Å². The largest absolute Gasteiger partial charge is 0.350 e. The number of carbonyl (C=O) groups excluding carboxylic acids is 1. The van der Waals surface area contributed by atoms with E-state index in [1.54, 1.807) is 6.92 Å². The molecule has 0 aromatic heterocycles. The fraction of sp³-hybridized carbons (Fsp3) is 0.923. The summed E-state index contributed by atoms with van der Waals surface area (Å²) in [5, 5.41) is 3.10. The first-order valence-corrected chi connectivity index (χ1v) is 6.71. The van der Waals surface area contributed by atoms with Crippen molar-refractivity contribution < 1.29 is 4.79 Å². The molecule has 0 spiro atoms. The van der Waals surface area contributed by atoms with E-state index in [4.69, 9.17) is 5.73 Å². The number of carbonyl (C=O) groups is 1. The Kier molecular flexibility index (Phi) is 5.40. The molecule has 4 nitrogen and oxygen atoms in total. The highest BCUT2D eigenvalue weighted by molar-refractivity contribution is 5.81. The third kappa shape index (κ3) is 3.96. The number of amides is 1. The summed E-state index contributed by atoms with van der Waals surface area (Å²) in [7, 11) is 2.14. The van der Waals surface area contributed by atoms with Crippen LogP contribution in [0, 0.1) is 0 Å². The first-order valence-electron chi connectivity index (χ1n) is 6.71. The maximum absolute atomic E-state index is 11.7. The summed E-state index contributed by atoms with van der Waals surface area (Å²) in [6.07, 6.45) is 4.69. The highest BCUT2D eigenvalue weighted by atomic mass is 16.2. The van der Waals surface area contributed by atoms with Crippen molar-refractivity contribution >= 4 is 5.91 Å². The molecule has 17 heavy (non-hydrogen) atoms. The molecule has 1 aliphatic carbocycles. The third-order valence-corrected chi connectivity index (χ3v) is 3.81. The summed E-state index contributed by atoms with van der Waals surface area (Å²) in [5.74, 6) is -0.0287. The molecule has 1 saturated carbocycles. The van der Waals surface area contributed by atoms with E-state index in [0.29, 0.717) is 12.1 Å². The molecule has 0 radical (unpaired) electrons. The SMILES string of the molecule is CC(N)C(=O)NC1CCCCC1N(C)C(C)C. The third-order valence-electron chi connectivity index (χ3n) is 3.81. The van der Waals surface area contributed by atoms with Crippen molar-refractivity contribution in [1.29, 1.82) is 0 Å². The first-order chi connectivity index (χ1) is 7.93. The van der Waals surface area contributed by atoms with Crippen LogP contribution in [0.5, 0.6) is 0 Å². The molecule has 0 aromatic carbocycles. The highest BCUT2D eigenvalue weighted by Gasteiger charge is 2.30. The van der Waals surface area contributed by atoms with Gasteiger partial charge >= 0.3 is 0 Å². The Hall–Kier alpha value is -0.610. The Labute approximate surface area is 105 Å². The van der Waals surface area contributed by atoms with Gasteiger partial charge in [-0.2, -0.15) is 0 Å². The van der Waals surface area contributed by atoms with E-state index in [1.807, 2.05) is 0 Å². The van der Waals surface area contributed by atoms with E-state index < -0.39 is 6.04 Å². The molecule has 0 bridgehead atoms. The maximum atomic E-state index is 11.7. The minimum Gasteiger partial charge on any atom is -0.350 e. The van der Waals surface area contributed by atoms with Gasteiger partial charge in [0, 0.05) is 18.1 Å². The monoisotopic (exact) mass is 241 g/mol. The predicted octanol–water partition coefficient (Wildman–Crippen LogP) is 1.10. The van der Waals surface area contributed by atoms with E-state index in [1.165, 1.54) is 19.3 Å². The normalized spacial score (nSPS) is 27.2. The van der Waals surface area contributed by atoms with Gasteiger partial charge in [0.25, 0.3) is 0 Å². The lowest BCUT2D eigenvalue weighted by molar-refractivity contribution is -0.123. The highest BCUT2D eigenvalue weighted by Crippen LogP contribution is 2.23. The van der Waals surface area contributed by atoms with Crippen molar-refractivity contribution in [3.63, 3.8) is 0 Å².